The predicted octanol–water partition coefficient (Wildman–Crippen LogP) is 5.29. The molecule has 3 aromatic rings. The Bertz CT molecular complexity index is 1220. The molecule has 0 saturated heterocycles. The second-order valence-corrected chi connectivity index (χ2v) is 7.85. The van der Waals surface area contributed by atoms with Crippen LogP contribution in [0.15, 0.2) is 77.4 Å². The van der Waals surface area contributed by atoms with Crippen molar-refractivity contribution in [3.05, 3.63) is 93.4 Å². The summed E-state index contributed by atoms with van der Waals surface area (Å²) in [5.74, 6) is 1.06. The highest BCUT2D eigenvalue weighted by atomic mass is 32.1. The Balaban J connectivity index is 1.40. The van der Waals surface area contributed by atoms with Crippen LogP contribution in [-0.4, -0.2) is 17.9 Å². The average molecular weight is 416 g/mol. The van der Waals surface area contributed by atoms with Crippen LogP contribution in [0.2, 0.25) is 0 Å². The normalized spacial score (nSPS) is 18.2. The van der Waals surface area contributed by atoms with Crippen molar-refractivity contribution >= 4 is 29.2 Å². The van der Waals surface area contributed by atoms with Crippen molar-refractivity contribution in [3.63, 3.8) is 0 Å². The molecule has 2 aliphatic heterocycles. The van der Waals surface area contributed by atoms with E-state index in [1.807, 2.05) is 37.3 Å². The first kappa shape index (κ1) is 18.4. The van der Waals surface area contributed by atoms with E-state index in [1.165, 1.54) is 11.3 Å². The van der Waals surface area contributed by atoms with Crippen LogP contribution in [0.4, 0.5) is 0 Å². The number of carbonyl (C=O) groups excluding carboxylic acids is 2. The number of para-hydroxylation sites is 1. The average Bonchev–Trinajstić information content (AvgIpc) is 3.38. The molecule has 3 heterocycles. The van der Waals surface area contributed by atoms with Crippen molar-refractivity contribution in [2.75, 3.05) is 0 Å². The van der Waals surface area contributed by atoms with Gasteiger partial charge in [-0.25, -0.2) is 4.79 Å². The van der Waals surface area contributed by atoms with E-state index in [1.54, 1.807) is 41.8 Å². The molecular weight excluding hydrogens is 400 g/mol. The zero-order valence-corrected chi connectivity index (χ0v) is 16.8. The van der Waals surface area contributed by atoms with E-state index in [0.717, 1.165) is 16.9 Å². The maximum atomic E-state index is 12.8. The van der Waals surface area contributed by atoms with Gasteiger partial charge in [0.05, 0.1) is 5.56 Å². The topological polar surface area (TPSA) is 61.8 Å². The Hall–Kier alpha value is -3.64. The van der Waals surface area contributed by atoms with E-state index in [4.69, 9.17) is 14.2 Å². The van der Waals surface area contributed by atoms with Crippen molar-refractivity contribution in [1.29, 1.82) is 0 Å². The van der Waals surface area contributed by atoms with Crippen LogP contribution < -0.4 is 14.2 Å². The molecule has 0 aliphatic carbocycles. The molecule has 0 N–H and O–H groups in total. The van der Waals surface area contributed by atoms with E-state index in [-0.39, 0.29) is 17.6 Å². The zero-order chi connectivity index (χ0) is 20.7. The molecule has 148 valence electrons. The van der Waals surface area contributed by atoms with E-state index in [2.05, 4.69) is 0 Å². The fourth-order valence-electron chi connectivity index (χ4n) is 3.36. The Morgan fingerprint density at radius 1 is 1.10 bits per heavy atom. The Kier molecular flexibility index (Phi) is 4.48. The van der Waals surface area contributed by atoms with E-state index < -0.39 is 5.97 Å². The summed E-state index contributed by atoms with van der Waals surface area (Å²) in [4.78, 5) is 25.4. The van der Waals surface area contributed by atoms with Crippen LogP contribution in [0.3, 0.4) is 0 Å². The second-order valence-electron chi connectivity index (χ2n) is 6.91. The minimum absolute atomic E-state index is 0.213. The van der Waals surface area contributed by atoms with Gasteiger partial charge in [-0.1, -0.05) is 24.3 Å². The lowest BCUT2D eigenvalue weighted by molar-refractivity contribution is 0.0739. The lowest BCUT2D eigenvalue weighted by Gasteiger charge is -2.22. The molecule has 0 spiro atoms. The number of ketones is 1. The van der Waals surface area contributed by atoms with Crippen LogP contribution >= 0.6 is 11.3 Å². The van der Waals surface area contributed by atoms with Crippen LogP contribution in [0, 0.1) is 0 Å². The molecule has 0 amide bonds. The third-order valence-electron chi connectivity index (χ3n) is 4.89. The largest absolute Gasteiger partial charge is 0.485 e. The number of carbonyl (C=O) groups is 2. The summed E-state index contributed by atoms with van der Waals surface area (Å²) in [6, 6.07) is 16.0. The number of ether oxygens (including phenoxy) is 3. The fraction of sp³-hybridized carbons (Fsp3) is 0.0833. The second kappa shape index (κ2) is 7.31. The SMILES string of the molecule is C[C@H]1Oc2ccccc2C=C1/C=C1\Oc2cc(OC(=O)c3cccs3)ccc2C1=O. The van der Waals surface area contributed by atoms with Gasteiger partial charge in [0.15, 0.2) is 5.76 Å². The standard InChI is InChI=1S/C24H16O5S/c1-14-16(11-15-5-2-3-6-19(15)27-14)12-21-23(25)18-9-8-17(13-20(18)29-21)28-24(26)22-7-4-10-30-22/h2-14H,1H3/b21-12-/t14-/m1/s1. The third-order valence-corrected chi connectivity index (χ3v) is 5.74. The lowest BCUT2D eigenvalue weighted by Crippen LogP contribution is -2.18. The van der Waals surface area contributed by atoms with Crippen molar-refractivity contribution in [3.8, 4) is 17.2 Å². The summed E-state index contributed by atoms with van der Waals surface area (Å²) in [7, 11) is 0. The first-order valence-corrected chi connectivity index (χ1v) is 10.3. The molecule has 5 nitrogen and oxygen atoms in total. The highest BCUT2D eigenvalue weighted by Crippen LogP contribution is 2.36. The summed E-state index contributed by atoms with van der Waals surface area (Å²) in [6.07, 6.45) is 3.49. The molecule has 0 saturated carbocycles. The van der Waals surface area contributed by atoms with Gasteiger partial charge in [0, 0.05) is 11.6 Å². The van der Waals surface area contributed by atoms with Gasteiger partial charge >= 0.3 is 5.97 Å². The quantitative estimate of drug-likeness (QED) is 0.330. The molecule has 1 aromatic heterocycles. The van der Waals surface area contributed by atoms with Gasteiger partial charge in [-0.3, -0.25) is 4.79 Å². The molecule has 2 aliphatic rings. The molecule has 6 heteroatoms. The first-order chi connectivity index (χ1) is 14.6. The minimum Gasteiger partial charge on any atom is -0.485 e. The first-order valence-electron chi connectivity index (χ1n) is 9.40. The molecule has 2 aromatic carbocycles. The van der Waals surface area contributed by atoms with Gasteiger partial charge in [0.2, 0.25) is 5.78 Å². The van der Waals surface area contributed by atoms with E-state index in [0.29, 0.717) is 21.9 Å². The smallest absolute Gasteiger partial charge is 0.353 e. The van der Waals surface area contributed by atoms with Crippen LogP contribution in [0.25, 0.3) is 6.08 Å². The van der Waals surface area contributed by atoms with Crippen LogP contribution in [0.1, 0.15) is 32.5 Å². The predicted molar refractivity (Wildman–Crippen MR) is 113 cm³/mol. The number of hydrogen-bond donors (Lipinski definition) is 0. The summed E-state index contributed by atoms with van der Waals surface area (Å²) in [5, 5.41) is 1.81. The highest BCUT2D eigenvalue weighted by molar-refractivity contribution is 7.12. The third kappa shape index (κ3) is 3.31. The molecule has 1 atom stereocenters. The van der Waals surface area contributed by atoms with E-state index in [9.17, 15) is 9.59 Å². The molecular formula is C24H16O5S. The number of benzene rings is 2. The van der Waals surface area contributed by atoms with Crippen molar-refractivity contribution in [2.24, 2.45) is 0 Å². The van der Waals surface area contributed by atoms with Gasteiger partial charge < -0.3 is 14.2 Å². The van der Waals surface area contributed by atoms with Gasteiger partial charge in [-0.05, 0) is 54.3 Å². The number of allylic oxidation sites excluding steroid dienone is 1. The van der Waals surface area contributed by atoms with Gasteiger partial charge in [0.1, 0.15) is 28.2 Å². The van der Waals surface area contributed by atoms with Crippen molar-refractivity contribution in [1.82, 2.24) is 0 Å². The Morgan fingerprint density at radius 3 is 2.80 bits per heavy atom. The lowest BCUT2D eigenvalue weighted by atomic mass is 10.0. The maximum Gasteiger partial charge on any atom is 0.353 e. The number of fused-ring (bicyclic) bond motifs is 2. The molecule has 0 bridgehead atoms. The molecule has 5 rings (SSSR count). The summed E-state index contributed by atoms with van der Waals surface area (Å²) < 4.78 is 17.1. The summed E-state index contributed by atoms with van der Waals surface area (Å²) in [6.45, 7) is 1.92. The number of esters is 1. The number of thiophene rings is 1. The zero-order valence-electron chi connectivity index (χ0n) is 16.0. The Morgan fingerprint density at radius 2 is 1.97 bits per heavy atom. The number of hydrogen-bond acceptors (Lipinski definition) is 6. The Labute approximate surface area is 176 Å². The molecule has 0 unspecified atom stereocenters. The molecule has 0 radical (unpaired) electrons. The molecule has 0 fully saturated rings. The van der Waals surface area contributed by atoms with Gasteiger partial charge in [-0.2, -0.15) is 0 Å². The highest BCUT2D eigenvalue weighted by Gasteiger charge is 2.29. The minimum atomic E-state index is -0.443. The van der Waals surface area contributed by atoms with Gasteiger partial charge in [-0.15, -0.1) is 11.3 Å². The fourth-order valence-corrected chi connectivity index (χ4v) is 3.95. The van der Waals surface area contributed by atoms with Gasteiger partial charge in [0.25, 0.3) is 0 Å². The van der Waals surface area contributed by atoms with Crippen LogP contribution in [0.5, 0.6) is 17.2 Å². The van der Waals surface area contributed by atoms with E-state index >= 15 is 0 Å². The number of rotatable bonds is 3. The van der Waals surface area contributed by atoms with Crippen LogP contribution in [-0.2, 0) is 0 Å². The summed E-state index contributed by atoms with van der Waals surface area (Å²) >= 11 is 1.30. The van der Waals surface area contributed by atoms with Crippen molar-refractivity contribution in [2.45, 2.75) is 13.0 Å². The monoisotopic (exact) mass is 416 g/mol. The maximum absolute atomic E-state index is 12.8. The summed E-state index contributed by atoms with van der Waals surface area (Å²) in [5.41, 5.74) is 2.23. The van der Waals surface area contributed by atoms with Crippen molar-refractivity contribution < 1.29 is 23.8 Å². The molecule has 30 heavy (non-hydrogen) atoms. The number of Topliss-reactive ketones (excluding diaryl/α,β-unsaturated/α-hetero) is 1.